The van der Waals surface area contributed by atoms with Gasteiger partial charge < -0.3 is 14.3 Å². The molecular weight excluding hydrogens is 342 g/mol. The van der Waals surface area contributed by atoms with E-state index < -0.39 is 5.97 Å². The first-order valence-corrected chi connectivity index (χ1v) is 8.66. The van der Waals surface area contributed by atoms with Gasteiger partial charge in [0.15, 0.2) is 0 Å². The Labute approximate surface area is 160 Å². The molecule has 0 aromatic heterocycles. The highest BCUT2D eigenvalue weighted by atomic mass is 16.6. The van der Waals surface area contributed by atoms with E-state index >= 15 is 0 Å². The molecule has 0 N–H and O–H groups in total. The maximum atomic E-state index is 12.1. The summed E-state index contributed by atoms with van der Waals surface area (Å²) in [4.78, 5) is 17.7. The van der Waals surface area contributed by atoms with Crippen LogP contribution in [0.15, 0.2) is 59.9 Å². The van der Waals surface area contributed by atoms with Gasteiger partial charge in [0, 0.05) is 0 Å². The third-order valence-corrected chi connectivity index (χ3v) is 4.20. The summed E-state index contributed by atoms with van der Waals surface area (Å²) in [6.07, 6.45) is 1.23. The lowest BCUT2D eigenvalue weighted by atomic mass is 9.97. The summed E-state index contributed by atoms with van der Waals surface area (Å²) in [6, 6.07) is 15.6. The van der Waals surface area contributed by atoms with Crippen molar-refractivity contribution in [1.82, 2.24) is 0 Å². The van der Waals surface area contributed by atoms with Crippen LogP contribution >= 0.6 is 0 Å². The number of ether oxygens (including phenoxy) is 2. The number of benzene rings is 2. The summed E-state index contributed by atoms with van der Waals surface area (Å²) in [6.45, 7) is 5.74. The van der Waals surface area contributed by atoms with Crippen LogP contribution in [-0.4, -0.2) is 25.9 Å². The summed E-state index contributed by atoms with van der Waals surface area (Å²) >= 11 is 0. The second-order valence-corrected chi connectivity index (χ2v) is 6.12. The lowest BCUT2D eigenvalue weighted by Gasteiger charge is -2.13. The SMILES string of the molecule is CO/C=C(/C(=O)OC)c1cc(/C(C)=N\OC(C)c2ccccc2)ccc1C. The van der Waals surface area contributed by atoms with Crippen molar-refractivity contribution >= 4 is 17.3 Å². The quantitative estimate of drug-likeness (QED) is 0.235. The molecule has 142 valence electrons. The van der Waals surface area contributed by atoms with Gasteiger partial charge in [-0.3, -0.25) is 0 Å². The van der Waals surface area contributed by atoms with E-state index in [-0.39, 0.29) is 6.10 Å². The molecule has 0 heterocycles. The van der Waals surface area contributed by atoms with Crippen LogP contribution in [-0.2, 0) is 19.1 Å². The number of hydrogen-bond acceptors (Lipinski definition) is 5. The topological polar surface area (TPSA) is 57.1 Å². The van der Waals surface area contributed by atoms with E-state index in [1.807, 2.05) is 69.3 Å². The second kappa shape index (κ2) is 9.57. The highest BCUT2D eigenvalue weighted by molar-refractivity contribution is 6.17. The minimum atomic E-state index is -0.458. The maximum Gasteiger partial charge on any atom is 0.341 e. The number of oxime groups is 1. The molecule has 2 aromatic carbocycles. The number of aryl methyl sites for hydroxylation is 1. The molecule has 0 saturated carbocycles. The fourth-order valence-electron chi connectivity index (χ4n) is 2.58. The number of esters is 1. The van der Waals surface area contributed by atoms with Gasteiger partial charge in [-0.15, -0.1) is 0 Å². The van der Waals surface area contributed by atoms with E-state index in [2.05, 4.69) is 5.16 Å². The summed E-state index contributed by atoms with van der Waals surface area (Å²) in [7, 11) is 2.84. The average molecular weight is 367 g/mol. The molecule has 2 aromatic rings. The Morgan fingerprint density at radius 2 is 1.81 bits per heavy atom. The molecule has 0 aliphatic rings. The van der Waals surface area contributed by atoms with Gasteiger partial charge in [0.25, 0.3) is 0 Å². The molecule has 0 aliphatic heterocycles. The van der Waals surface area contributed by atoms with Crippen molar-refractivity contribution < 1.29 is 19.1 Å². The summed E-state index contributed by atoms with van der Waals surface area (Å²) in [5, 5.41) is 4.26. The molecule has 27 heavy (non-hydrogen) atoms. The lowest BCUT2D eigenvalue weighted by Crippen LogP contribution is -2.07. The van der Waals surface area contributed by atoms with Gasteiger partial charge in [-0.1, -0.05) is 47.6 Å². The number of carbonyl (C=O) groups is 1. The van der Waals surface area contributed by atoms with E-state index in [1.54, 1.807) is 0 Å². The zero-order valence-electron chi connectivity index (χ0n) is 16.4. The van der Waals surface area contributed by atoms with Crippen LogP contribution in [0.5, 0.6) is 0 Å². The van der Waals surface area contributed by atoms with E-state index in [4.69, 9.17) is 14.3 Å². The van der Waals surface area contributed by atoms with Crippen molar-refractivity contribution in [2.24, 2.45) is 5.16 Å². The maximum absolute atomic E-state index is 12.1. The third kappa shape index (κ3) is 5.20. The Morgan fingerprint density at radius 3 is 2.44 bits per heavy atom. The molecule has 0 saturated heterocycles. The van der Waals surface area contributed by atoms with E-state index in [0.29, 0.717) is 11.3 Å². The normalized spacial score (nSPS) is 13.1. The second-order valence-electron chi connectivity index (χ2n) is 6.12. The highest BCUT2D eigenvalue weighted by Crippen LogP contribution is 2.23. The smallest absolute Gasteiger partial charge is 0.341 e. The van der Waals surface area contributed by atoms with Gasteiger partial charge in [-0.05, 0) is 49.1 Å². The number of hydrogen-bond donors (Lipinski definition) is 0. The molecule has 0 fully saturated rings. The van der Waals surface area contributed by atoms with Crippen LogP contribution in [0, 0.1) is 6.92 Å². The number of rotatable bonds is 7. The highest BCUT2D eigenvalue weighted by Gasteiger charge is 2.16. The lowest BCUT2D eigenvalue weighted by molar-refractivity contribution is -0.133. The van der Waals surface area contributed by atoms with Gasteiger partial charge in [0.05, 0.1) is 26.2 Å². The third-order valence-electron chi connectivity index (χ3n) is 4.20. The monoisotopic (exact) mass is 367 g/mol. The molecule has 5 nitrogen and oxygen atoms in total. The van der Waals surface area contributed by atoms with Crippen LogP contribution < -0.4 is 0 Å². The fourth-order valence-corrected chi connectivity index (χ4v) is 2.58. The fraction of sp³-hybridized carbons (Fsp3) is 0.273. The van der Waals surface area contributed by atoms with Crippen LogP contribution in [0.4, 0.5) is 0 Å². The first-order valence-electron chi connectivity index (χ1n) is 8.66. The van der Waals surface area contributed by atoms with Gasteiger partial charge >= 0.3 is 5.97 Å². The largest absolute Gasteiger partial charge is 0.503 e. The molecule has 0 bridgehead atoms. The van der Waals surface area contributed by atoms with Gasteiger partial charge in [0.2, 0.25) is 0 Å². The van der Waals surface area contributed by atoms with E-state index in [1.165, 1.54) is 20.5 Å². The molecule has 0 radical (unpaired) electrons. The molecule has 1 atom stereocenters. The van der Waals surface area contributed by atoms with Gasteiger partial charge in [0.1, 0.15) is 11.7 Å². The van der Waals surface area contributed by atoms with E-state index in [0.717, 1.165) is 22.3 Å². The van der Waals surface area contributed by atoms with Crippen LogP contribution in [0.2, 0.25) is 0 Å². The number of carbonyl (C=O) groups excluding carboxylic acids is 1. The first-order chi connectivity index (χ1) is 13.0. The molecule has 0 spiro atoms. The Balaban J connectivity index is 2.28. The average Bonchev–Trinajstić information content (AvgIpc) is 2.70. The van der Waals surface area contributed by atoms with Crippen LogP contribution in [0.1, 0.15) is 42.2 Å². The zero-order chi connectivity index (χ0) is 19.8. The van der Waals surface area contributed by atoms with Crippen molar-refractivity contribution in [3.63, 3.8) is 0 Å². The van der Waals surface area contributed by atoms with Crippen molar-refractivity contribution in [3.8, 4) is 0 Å². The van der Waals surface area contributed by atoms with E-state index in [9.17, 15) is 4.79 Å². The Morgan fingerprint density at radius 1 is 1.11 bits per heavy atom. The Kier molecular flexibility index (Phi) is 7.17. The van der Waals surface area contributed by atoms with Gasteiger partial charge in [-0.25, -0.2) is 4.79 Å². The Hall–Kier alpha value is -3.08. The number of methoxy groups -OCH3 is 2. The molecule has 1 unspecified atom stereocenters. The molecule has 0 aliphatic carbocycles. The van der Waals surface area contributed by atoms with Crippen molar-refractivity contribution in [2.45, 2.75) is 26.9 Å². The number of nitrogens with zero attached hydrogens (tertiary/aromatic N) is 1. The molecule has 2 rings (SSSR count). The Bertz CT molecular complexity index is 841. The van der Waals surface area contributed by atoms with Crippen molar-refractivity contribution in [2.75, 3.05) is 14.2 Å². The minimum Gasteiger partial charge on any atom is -0.503 e. The van der Waals surface area contributed by atoms with Crippen LogP contribution in [0.3, 0.4) is 0 Å². The predicted octanol–water partition coefficient (Wildman–Crippen LogP) is 4.66. The van der Waals surface area contributed by atoms with Crippen LogP contribution in [0.25, 0.3) is 5.57 Å². The standard InChI is InChI=1S/C22H25NO4/c1-15-11-12-19(13-20(15)21(14-25-4)22(24)26-5)16(2)23-27-17(3)18-9-7-6-8-10-18/h6-14,17H,1-5H3/b21-14+,23-16-. The van der Waals surface area contributed by atoms with Crippen molar-refractivity contribution in [1.29, 1.82) is 0 Å². The summed E-state index contributed by atoms with van der Waals surface area (Å²) in [5.41, 5.74) is 4.62. The molecular formula is C22H25NO4. The molecule has 5 heteroatoms. The van der Waals surface area contributed by atoms with Crippen molar-refractivity contribution in [3.05, 3.63) is 77.0 Å². The molecule has 0 amide bonds. The zero-order valence-corrected chi connectivity index (χ0v) is 16.4. The predicted molar refractivity (Wildman–Crippen MR) is 106 cm³/mol. The minimum absolute atomic E-state index is 0.162. The van der Waals surface area contributed by atoms with Gasteiger partial charge in [-0.2, -0.15) is 0 Å². The summed E-state index contributed by atoms with van der Waals surface area (Å²) < 4.78 is 9.91. The first kappa shape index (κ1) is 20.2. The summed E-state index contributed by atoms with van der Waals surface area (Å²) in [5.74, 6) is -0.458.